The van der Waals surface area contributed by atoms with Crippen LogP contribution in [0.4, 0.5) is 4.79 Å². The summed E-state index contributed by atoms with van der Waals surface area (Å²) in [5.41, 5.74) is 0.655. The Morgan fingerprint density at radius 2 is 1.96 bits per heavy atom. The van der Waals surface area contributed by atoms with Gasteiger partial charge in [-0.2, -0.15) is 0 Å². The van der Waals surface area contributed by atoms with Gasteiger partial charge in [0.05, 0.1) is 0 Å². The number of carbonyl (C=O) groups is 2. The van der Waals surface area contributed by atoms with Gasteiger partial charge >= 0.3 is 6.09 Å². The minimum absolute atomic E-state index is 0.0667. The largest absolute Gasteiger partial charge is 0.444 e. The summed E-state index contributed by atoms with van der Waals surface area (Å²) in [6.07, 6.45) is 3.45. The highest BCUT2D eigenvalue weighted by molar-refractivity contribution is 5.77. The van der Waals surface area contributed by atoms with Crippen molar-refractivity contribution in [3.8, 4) is 0 Å². The maximum atomic E-state index is 12.2. The van der Waals surface area contributed by atoms with Crippen molar-refractivity contribution in [3.05, 3.63) is 30.1 Å². The summed E-state index contributed by atoms with van der Waals surface area (Å²) in [6, 6.07) is 4.00. The fraction of sp³-hybridized carbons (Fsp3) is 0.611. The molecule has 138 valence electrons. The van der Waals surface area contributed by atoms with E-state index in [1.807, 2.05) is 37.9 Å². The van der Waals surface area contributed by atoms with Crippen molar-refractivity contribution >= 4 is 12.0 Å². The summed E-state index contributed by atoms with van der Waals surface area (Å²) in [7, 11) is 0. The summed E-state index contributed by atoms with van der Waals surface area (Å²) in [5.74, 6) is 0.0667. The normalized spacial score (nSPS) is 15.7. The smallest absolute Gasteiger partial charge is 0.407 e. The number of carbonyl (C=O) groups excluding carboxylic acids is 2. The standard InChI is InChI=1S/C18H28N4O3/c1-18(2,3)25-17(24)20-8-6-16(23)22-11-9-21(10-12-22)14-15-5-4-7-19-13-15/h4-5,7,13H,6,8-12,14H2,1-3H3,(H,20,24). The molecule has 1 aliphatic heterocycles. The van der Waals surface area contributed by atoms with Gasteiger partial charge in [0.25, 0.3) is 0 Å². The molecule has 0 saturated carbocycles. The summed E-state index contributed by atoms with van der Waals surface area (Å²) in [4.78, 5) is 32.1. The van der Waals surface area contributed by atoms with E-state index >= 15 is 0 Å². The number of nitrogens with zero attached hydrogens (tertiary/aromatic N) is 3. The van der Waals surface area contributed by atoms with Gasteiger partial charge in [0.15, 0.2) is 0 Å². The van der Waals surface area contributed by atoms with Crippen LogP contribution in [0.2, 0.25) is 0 Å². The Morgan fingerprint density at radius 1 is 1.24 bits per heavy atom. The van der Waals surface area contributed by atoms with E-state index in [0.29, 0.717) is 26.1 Å². The van der Waals surface area contributed by atoms with Crippen molar-refractivity contribution in [2.24, 2.45) is 0 Å². The van der Waals surface area contributed by atoms with E-state index in [1.54, 1.807) is 6.20 Å². The second-order valence-electron chi connectivity index (χ2n) is 7.20. The summed E-state index contributed by atoms with van der Waals surface area (Å²) in [6.45, 7) is 9.70. The topological polar surface area (TPSA) is 74.8 Å². The average molecular weight is 348 g/mol. The summed E-state index contributed by atoms with van der Waals surface area (Å²) >= 11 is 0. The molecular weight excluding hydrogens is 320 g/mol. The van der Waals surface area contributed by atoms with Crippen LogP contribution in [0.25, 0.3) is 0 Å². The fourth-order valence-corrected chi connectivity index (χ4v) is 2.65. The Balaban J connectivity index is 1.65. The number of hydrogen-bond acceptors (Lipinski definition) is 5. The van der Waals surface area contributed by atoms with Gasteiger partial charge in [0.1, 0.15) is 5.60 Å². The van der Waals surface area contributed by atoms with E-state index in [-0.39, 0.29) is 5.91 Å². The number of alkyl carbamates (subject to hydrolysis) is 1. The molecule has 1 saturated heterocycles. The Labute approximate surface area is 149 Å². The lowest BCUT2D eigenvalue weighted by atomic mass is 10.2. The van der Waals surface area contributed by atoms with Gasteiger partial charge in [-0.15, -0.1) is 0 Å². The third-order valence-electron chi connectivity index (χ3n) is 3.86. The zero-order valence-electron chi connectivity index (χ0n) is 15.3. The van der Waals surface area contributed by atoms with Gasteiger partial charge in [-0.3, -0.25) is 14.7 Å². The molecule has 1 aliphatic rings. The number of nitrogens with one attached hydrogen (secondary N) is 1. The highest BCUT2D eigenvalue weighted by Gasteiger charge is 2.21. The molecule has 0 aliphatic carbocycles. The molecule has 2 amide bonds. The van der Waals surface area contributed by atoms with Crippen LogP contribution in [0, 0.1) is 0 Å². The van der Waals surface area contributed by atoms with Gasteiger partial charge in [0.2, 0.25) is 5.91 Å². The van der Waals surface area contributed by atoms with Crippen LogP contribution in [-0.2, 0) is 16.1 Å². The van der Waals surface area contributed by atoms with E-state index < -0.39 is 11.7 Å². The summed E-state index contributed by atoms with van der Waals surface area (Å²) < 4.78 is 5.15. The molecule has 1 aromatic heterocycles. The first kappa shape index (κ1) is 19.2. The Morgan fingerprint density at radius 3 is 2.56 bits per heavy atom. The SMILES string of the molecule is CC(C)(C)OC(=O)NCCC(=O)N1CCN(Cc2cccnc2)CC1. The van der Waals surface area contributed by atoms with Gasteiger partial charge in [-0.05, 0) is 32.4 Å². The molecule has 0 atom stereocenters. The quantitative estimate of drug-likeness (QED) is 0.876. The van der Waals surface area contributed by atoms with Crippen LogP contribution in [-0.4, -0.2) is 65.1 Å². The number of pyridine rings is 1. The molecule has 7 heteroatoms. The third kappa shape index (κ3) is 7.09. The fourth-order valence-electron chi connectivity index (χ4n) is 2.65. The van der Waals surface area contributed by atoms with E-state index in [0.717, 1.165) is 19.6 Å². The van der Waals surface area contributed by atoms with Crippen molar-refractivity contribution < 1.29 is 14.3 Å². The zero-order valence-corrected chi connectivity index (χ0v) is 15.3. The third-order valence-corrected chi connectivity index (χ3v) is 3.86. The lowest BCUT2D eigenvalue weighted by Gasteiger charge is -2.34. The maximum Gasteiger partial charge on any atom is 0.407 e. The molecule has 0 spiro atoms. The van der Waals surface area contributed by atoms with Crippen LogP contribution < -0.4 is 5.32 Å². The molecule has 2 heterocycles. The van der Waals surface area contributed by atoms with Crippen LogP contribution in [0.3, 0.4) is 0 Å². The summed E-state index contributed by atoms with van der Waals surface area (Å²) in [5, 5.41) is 2.62. The number of ether oxygens (including phenoxy) is 1. The number of piperazine rings is 1. The predicted molar refractivity (Wildman–Crippen MR) is 94.9 cm³/mol. The minimum atomic E-state index is -0.529. The predicted octanol–water partition coefficient (Wildman–Crippen LogP) is 1.64. The van der Waals surface area contributed by atoms with Crippen LogP contribution in [0.1, 0.15) is 32.8 Å². The van der Waals surface area contributed by atoms with E-state index in [4.69, 9.17) is 4.74 Å². The highest BCUT2D eigenvalue weighted by Crippen LogP contribution is 2.09. The molecule has 1 fully saturated rings. The Kier molecular flexibility index (Phi) is 6.75. The Hall–Kier alpha value is -2.15. The van der Waals surface area contributed by atoms with Crippen molar-refractivity contribution in [3.63, 3.8) is 0 Å². The number of hydrogen-bond donors (Lipinski definition) is 1. The number of amides is 2. The van der Waals surface area contributed by atoms with Crippen molar-refractivity contribution in [2.75, 3.05) is 32.7 Å². The van der Waals surface area contributed by atoms with Crippen molar-refractivity contribution in [1.29, 1.82) is 0 Å². The molecule has 1 N–H and O–H groups in total. The second kappa shape index (κ2) is 8.80. The van der Waals surface area contributed by atoms with Gasteiger partial charge in [-0.1, -0.05) is 6.07 Å². The molecule has 2 rings (SSSR count). The minimum Gasteiger partial charge on any atom is -0.444 e. The second-order valence-corrected chi connectivity index (χ2v) is 7.20. The van der Waals surface area contributed by atoms with Crippen LogP contribution in [0.15, 0.2) is 24.5 Å². The molecule has 25 heavy (non-hydrogen) atoms. The molecule has 0 bridgehead atoms. The van der Waals surface area contributed by atoms with Crippen LogP contribution >= 0.6 is 0 Å². The lowest BCUT2D eigenvalue weighted by molar-refractivity contribution is -0.132. The van der Waals surface area contributed by atoms with E-state index in [1.165, 1.54) is 5.56 Å². The van der Waals surface area contributed by atoms with E-state index in [9.17, 15) is 9.59 Å². The lowest BCUT2D eigenvalue weighted by Crippen LogP contribution is -2.48. The van der Waals surface area contributed by atoms with Crippen molar-refractivity contribution in [1.82, 2.24) is 20.1 Å². The maximum absolute atomic E-state index is 12.2. The molecule has 1 aromatic rings. The monoisotopic (exact) mass is 348 g/mol. The Bertz CT molecular complexity index is 563. The molecule has 7 nitrogen and oxygen atoms in total. The van der Waals surface area contributed by atoms with Gasteiger partial charge < -0.3 is 15.0 Å². The number of rotatable bonds is 5. The van der Waals surface area contributed by atoms with E-state index in [2.05, 4.69) is 21.3 Å². The van der Waals surface area contributed by atoms with Gasteiger partial charge in [0, 0.05) is 58.1 Å². The first-order valence-electron chi connectivity index (χ1n) is 8.69. The van der Waals surface area contributed by atoms with Crippen LogP contribution in [0.5, 0.6) is 0 Å². The van der Waals surface area contributed by atoms with Crippen molar-refractivity contribution in [2.45, 2.75) is 39.3 Å². The number of aromatic nitrogens is 1. The van der Waals surface area contributed by atoms with Gasteiger partial charge in [-0.25, -0.2) is 4.79 Å². The average Bonchev–Trinajstić information content (AvgIpc) is 2.54. The first-order valence-corrected chi connectivity index (χ1v) is 8.69. The highest BCUT2D eigenvalue weighted by atomic mass is 16.6. The molecular formula is C18H28N4O3. The zero-order chi connectivity index (χ0) is 18.3. The molecule has 0 radical (unpaired) electrons. The molecule has 0 aromatic carbocycles. The molecule has 0 unspecified atom stereocenters. The first-order chi connectivity index (χ1) is 11.8.